The number of hydrogen-bond acceptors (Lipinski definition) is 3. The highest BCUT2D eigenvalue weighted by molar-refractivity contribution is 7.85. The molecule has 0 aliphatic carbocycles. The van der Waals surface area contributed by atoms with Crippen LogP contribution in [0.2, 0.25) is 0 Å². The fraction of sp³-hybridized carbons (Fsp3) is 0.538. The molecule has 1 N–H and O–H groups in total. The Morgan fingerprint density at radius 1 is 1.50 bits per heavy atom. The third kappa shape index (κ3) is 3.86. The maximum absolute atomic E-state index is 13.1. The van der Waals surface area contributed by atoms with E-state index >= 15 is 0 Å². The predicted octanol–water partition coefficient (Wildman–Crippen LogP) is 1.95. The molecule has 0 fully saturated rings. The summed E-state index contributed by atoms with van der Waals surface area (Å²) < 4.78 is 30.6. The van der Waals surface area contributed by atoms with Crippen molar-refractivity contribution >= 4 is 10.8 Å². The number of likely N-dealkylation sites (N-methyl/N-ethyl adjacent to an activating group) is 1. The number of benzene rings is 1. The fourth-order valence-electron chi connectivity index (χ4n) is 1.63. The van der Waals surface area contributed by atoms with Crippen molar-refractivity contribution in [3.05, 3.63) is 30.1 Å². The van der Waals surface area contributed by atoms with E-state index in [1.165, 1.54) is 12.1 Å². The summed E-state index contributed by atoms with van der Waals surface area (Å²) >= 11 is 0. The second kappa shape index (κ2) is 6.41. The van der Waals surface area contributed by atoms with Crippen LogP contribution in [-0.4, -0.2) is 35.8 Å². The van der Waals surface area contributed by atoms with Crippen LogP contribution in [0.25, 0.3) is 0 Å². The van der Waals surface area contributed by atoms with Crippen molar-refractivity contribution in [2.24, 2.45) is 0 Å². The van der Waals surface area contributed by atoms with Crippen molar-refractivity contribution in [2.45, 2.75) is 30.4 Å². The Balaban J connectivity index is 2.80. The second-order valence-corrected chi connectivity index (χ2v) is 6.11. The molecule has 5 heteroatoms. The molecule has 1 aromatic carbocycles. The van der Waals surface area contributed by atoms with E-state index in [9.17, 15) is 8.60 Å². The van der Waals surface area contributed by atoms with Crippen LogP contribution in [0.15, 0.2) is 29.2 Å². The summed E-state index contributed by atoms with van der Waals surface area (Å²) in [5, 5.41) is 3.10. The van der Waals surface area contributed by atoms with Gasteiger partial charge in [0.05, 0.1) is 16.4 Å². The molecule has 2 unspecified atom stereocenters. The Hall–Kier alpha value is -0.780. The van der Waals surface area contributed by atoms with E-state index in [2.05, 4.69) is 5.32 Å². The van der Waals surface area contributed by atoms with Crippen LogP contribution in [-0.2, 0) is 15.5 Å². The highest BCUT2D eigenvalue weighted by Gasteiger charge is 2.29. The molecule has 0 radical (unpaired) electrons. The molecule has 0 saturated heterocycles. The first-order valence-electron chi connectivity index (χ1n) is 5.77. The molecule has 102 valence electrons. The average molecular weight is 273 g/mol. The lowest BCUT2D eigenvalue weighted by Gasteiger charge is -2.32. The Morgan fingerprint density at radius 3 is 2.67 bits per heavy atom. The number of hydrogen-bond donors (Lipinski definition) is 1. The van der Waals surface area contributed by atoms with Crippen molar-refractivity contribution in [2.75, 3.05) is 19.9 Å². The van der Waals surface area contributed by atoms with E-state index in [-0.39, 0.29) is 11.9 Å². The summed E-state index contributed by atoms with van der Waals surface area (Å²) in [5.41, 5.74) is -0.433. The molecule has 1 aromatic rings. The summed E-state index contributed by atoms with van der Waals surface area (Å²) in [6.45, 7) is 3.86. The minimum Gasteiger partial charge on any atom is -0.377 e. The molecular weight excluding hydrogens is 253 g/mol. The molecule has 0 bridgehead atoms. The molecule has 0 aliphatic heterocycles. The van der Waals surface area contributed by atoms with Gasteiger partial charge in [-0.15, -0.1) is 0 Å². The largest absolute Gasteiger partial charge is 0.377 e. The Labute approximate surface area is 110 Å². The molecule has 0 spiro atoms. The molecule has 18 heavy (non-hydrogen) atoms. The zero-order chi connectivity index (χ0) is 13.8. The Morgan fingerprint density at radius 2 is 2.17 bits per heavy atom. The van der Waals surface area contributed by atoms with Gasteiger partial charge in [0.15, 0.2) is 0 Å². The van der Waals surface area contributed by atoms with E-state index in [1.807, 2.05) is 13.8 Å². The van der Waals surface area contributed by atoms with Crippen LogP contribution in [0.3, 0.4) is 0 Å². The Bertz CT molecular complexity index is 423. The zero-order valence-corrected chi connectivity index (χ0v) is 12.0. The molecule has 0 aromatic heterocycles. The lowest BCUT2D eigenvalue weighted by molar-refractivity contribution is -0.00179. The van der Waals surface area contributed by atoms with Gasteiger partial charge in [-0.2, -0.15) is 0 Å². The fourth-order valence-corrected chi connectivity index (χ4v) is 3.17. The van der Waals surface area contributed by atoms with Gasteiger partial charge in [-0.1, -0.05) is 6.07 Å². The summed E-state index contributed by atoms with van der Waals surface area (Å²) in [5.74, 6) is 0.00806. The Kier molecular flexibility index (Phi) is 5.44. The maximum Gasteiger partial charge on any atom is 0.124 e. The first-order chi connectivity index (χ1) is 8.40. The summed E-state index contributed by atoms with van der Waals surface area (Å²) in [4.78, 5) is 0.502. The van der Waals surface area contributed by atoms with Crippen LogP contribution in [0.4, 0.5) is 4.39 Å². The van der Waals surface area contributed by atoms with Gasteiger partial charge in [-0.3, -0.25) is 4.21 Å². The van der Waals surface area contributed by atoms with E-state index in [1.54, 1.807) is 26.3 Å². The molecule has 0 saturated carbocycles. The van der Waals surface area contributed by atoms with E-state index in [4.69, 9.17) is 4.74 Å². The van der Waals surface area contributed by atoms with Crippen molar-refractivity contribution < 1.29 is 13.3 Å². The van der Waals surface area contributed by atoms with Crippen LogP contribution >= 0.6 is 0 Å². The number of rotatable bonds is 6. The standard InChI is InChI=1S/C13H20FNO2S/c1-13(2,17-4)12(15-3)9-18(16)11-7-5-6-10(14)8-11/h5-8,12,15H,9H2,1-4H3. The first-order valence-corrected chi connectivity index (χ1v) is 7.09. The quantitative estimate of drug-likeness (QED) is 0.861. The number of nitrogens with one attached hydrogen (secondary N) is 1. The summed E-state index contributed by atoms with van der Waals surface area (Å²) in [6.07, 6.45) is 0. The van der Waals surface area contributed by atoms with Crippen molar-refractivity contribution in [1.82, 2.24) is 5.32 Å². The lowest BCUT2D eigenvalue weighted by Crippen LogP contribution is -2.49. The molecule has 0 amide bonds. The number of halogens is 1. The van der Waals surface area contributed by atoms with Gasteiger partial charge in [0, 0.05) is 23.8 Å². The van der Waals surface area contributed by atoms with Gasteiger partial charge in [-0.05, 0) is 39.1 Å². The van der Waals surface area contributed by atoms with Crippen LogP contribution in [0, 0.1) is 5.82 Å². The highest BCUT2D eigenvalue weighted by atomic mass is 32.2. The number of methoxy groups -OCH3 is 1. The van der Waals surface area contributed by atoms with Crippen molar-refractivity contribution in [3.8, 4) is 0 Å². The van der Waals surface area contributed by atoms with Crippen molar-refractivity contribution in [3.63, 3.8) is 0 Å². The van der Waals surface area contributed by atoms with E-state index < -0.39 is 16.4 Å². The SMILES string of the molecule is CNC(CS(=O)c1cccc(F)c1)C(C)(C)OC. The minimum atomic E-state index is -1.25. The second-order valence-electron chi connectivity index (χ2n) is 4.62. The minimum absolute atomic E-state index is 0.0772. The smallest absolute Gasteiger partial charge is 0.124 e. The topological polar surface area (TPSA) is 38.3 Å². The zero-order valence-electron chi connectivity index (χ0n) is 11.2. The lowest BCUT2D eigenvalue weighted by atomic mass is 10.0. The summed E-state index contributed by atoms with van der Waals surface area (Å²) in [6, 6.07) is 5.81. The third-order valence-corrected chi connectivity index (χ3v) is 4.51. The molecule has 0 heterocycles. The van der Waals surface area contributed by atoms with E-state index in [0.29, 0.717) is 10.6 Å². The van der Waals surface area contributed by atoms with Gasteiger partial charge in [-0.25, -0.2) is 4.39 Å². The average Bonchev–Trinajstić information content (AvgIpc) is 2.35. The van der Waals surface area contributed by atoms with Crippen LogP contribution < -0.4 is 5.32 Å². The van der Waals surface area contributed by atoms with Crippen molar-refractivity contribution in [1.29, 1.82) is 0 Å². The van der Waals surface area contributed by atoms with Crippen LogP contribution in [0.5, 0.6) is 0 Å². The van der Waals surface area contributed by atoms with Gasteiger partial charge in [0.25, 0.3) is 0 Å². The van der Waals surface area contributed by atoms with Gasteiger partial charge in [0.2, 0.25) is 0 Å². The van der Waals surface area contributed by atoms with Gasteiger partial charge < -0.3 is 10.1 Å². The normalized spacial score (nSPS) is 15.4. The first kappa shape index (κ1) is 15.3. The van der Waals surface area contributed by atoms with Gasteiger partial charge >= 0.3 is 0 Å². The molecule has 3 nitrogen and oxygen atoms in total. The molecule has 2 atom stereocenters. The third-order valence-electron chi connectivity index (χ3n) is 3.09. The predicted molar refractivity (Wildman–Crippen MR) is 71.6 cm³/mol. The number of ether oxygens (including phenoxy) is 1. The monoisotopic (exact) mass is 273 g/mol. The molecule has 1 rings (SSSR count). The van der Waals surface area contributed by atoms with E-state index in [0.717, 1.165) is 0 Å². The summed E-state index contributed by atoms with van der Waals surface area (Å²) in [7, 11) is 2.17. The highest BCUT2D eigenvalue weighted by Crippen LogP contribution is 2.17. The van der Waals surface area contributed by atoms with Gasteiger partial charge in [0.1, 0.15) is 5.82 Å². The van der Waals surface area contributed by atoms with Crippen LogP contribution in [0.1, 0.15) is 13.8 Å². The molecule has 0 aliphatic rings. The maximum atomic E-state index is 13.1. The molecular formula is C13H20FNO2S.